The molecule has 140 valence electrons. The fraction of sp³-hybridized carbons (Fsp3) is 0.167. The summed E-state index contributed by atoms with van der Waals surface area (Å²) in [6.45, 7) is -1.11. The Hall–Kier alpha value is -3.36. The van der Waals surface area contributed by atoms with Crippen LogP contribution in [-0.2, 0) is 6.42 Å². The number of nitrogens with zero attached hydrogens (tertiary/aromatic N) is 3. The van der Waals surface area contributed by atoms with Gasteiger partial charge in [0.2, 0.25) is 0 Å². The Morgan fingerprint density at radius 2 is 1.89 bits per heavy atom. The fourth-order valence-corrected chi connectivity index (χ4v) is 2.52. The van der Waals surface area contributed by atoms with Crippen molar-refractivity contribution in [3.63, 3.8) is 0 Å². The lowest BCUT2D eigenvalue weighted by atomic mass is 10.2. The Morgan fingerprint density at radius 1 is 1.19 bits per heavy atom. The van der Waals surface area contributed by atoms with E-state index < -0.39 is 18.3 Å². The first-order chi connectivity index (χ1) is 13.0. The minimum absolute atomic E-state index is 0.00410. The van der Waals surface area contributed by atoms with Crippen LogP contribution in [-0.4, -0.2) is 27.5 Å². The number of para-hydroxylation sites is 1. The lowest BCUT2D eigenvalue weighted by Crippen LogP contribution is -2.16. The fourth-order valence-electron chi connectivity index (χ4n) is 2.52. The van der Waals surface area contributed by atoms with Gasteiger partial charge in [0.25, 0.3) is 5.91 Å². The smallest absolute Gasteiger partial charge is 0.387 e. The van der Waals surface area contributed by atoms with E-state index in [0.717, 1.165) is 0 Å². The van der Waals surface area contributed by atoms with Gasteiger partial charge in [-0.2, -0.15) is 8.78 Å². The second kappa shape index (κ2) is 7.90. The molecular formula is C18H15F3N4O2. The van der Waals surface area contributed by atoms with Crippen LogP contribution < -0.4 is 10.1 Å². The van der Waals surface area contributed by atoms with Crippen molar-refractivity contribution in [3.8, 4) is 11.4 Å². The third-order valence-electron chi connectivity index (χ3n) is 3.74. The van der Waals surface area contributed by atoms with E-state index >= 15 is 0 Å². The summed E-state index contributed by atoms with van der Waals surface area (Å²) < 4.78 is 43.9. The van der Waals surface area contributed by atoms with Crippen molar-refractivity contribution in [2.24, 2.45) is 0 Å². The molecule has 0 bridgehead atoms. The average molecular weight is 376 g/mol. The molecule has 27 heavy (non-hydrogen) atoms. The molecule has 6 nitrogen and oxygen atoms in total. The molecule has 0 radical (unpaired) electrons. The van der Waals surface area contributed by atoms with E-state index in [-0.39, 0.29) is 17.1 Å². The molecule has 1 amide bonds. The Labute approximate surface area is 152 Å². The largest absolute Gasteiger partial charge is 0.435 e. The van der Waals surface area contributed by atoms with Gasteiger partial charge in [-0.15, -0.1) is 5.10 Å². The van der Waals surface area contributed by atoms with E-state index in [1.165, 1.54) is 47.1 Å². The Kier molecular flexibility index (Phi) is 5.39. The van der Waals surface area contributed by atoms with Crippen LogP contribution in [0.25, 0.3) is 5.69 Å². The van der Waals surface area contributed by atoms with E-state index in [0.29, 0.717) is 17.8 Å². The maximum Gasteiger partial charge on any atom is 0.387 e. The van der Waals surface area contributed by atoms with E-state index in [4.69, 9.17) is 0 Å². The highest BCUT2D eigenvalue weighted by atomic mass is 19.3. The van der Waals surface area contributed by atoms with Gasteiger partial charge in [-0.1, -0.05) is 24.3 Å². The zero-order valence-electron chi connectivity index (χ0n) is 14.2. The van der Waals surface area contributed by atoms with Crippen molar-refractivity contribution in [2.75, 3.05) is 5.32 Å². The number of nitrogens with one attached hydrogen (secondary N) is 1. The van der Waals surface area contributed by atoms with Gasteiger partial charge in [0.15, 0.2) is 5.69 Å². The normalized spacial score (nSPS) is 10.9. The van der Waals surface area contributed by atoms with Gasteiger partial charge in [0, 0.05) is 0 Å². The SMILES string of the molecule is CCc1c(C(=O)Nc2ccccc2F)nnn1-c1ccc(OC(F)F)cc1. The minimum atomic E-state index is -2.91. The highest BCUT2D eigenvalue weighted by Gasteiger charge is 2.20. The first-order valence-electron chi connectivity index (χ1n) is 8.05. The number of hydrogen-bond acceptors (Lipinski definition) is 4. The topological polar surface area (TPSA) is 69.0 Å². The number of ether oxygens (including phenoxy) is 1. The van der Waals surface area contributed by atoms with E-state index in [2.05, 4.69) is 20.4 Å². The van der Waals surface area contributed by atoms with Gasteiger partial charge in [-0.3, -0.25) is 4.79 Å². The van der Waals surface area contributed by atoms with Crippen LogP contribution in [0.15, 0.2) is 48.5 Å². The third-order valence-corrected chi connectivity index (χ3v) is 3.74. The number of alkyl halides is 2. The lowest BCUT2D eigenvalue weighted by molar-refractivity contribution is -0.0498. The van der Waals surface area contributed by atoms with Crippen molar-refractivity contribution < 1.29 is 22.7 Å². The number of halogens is 3. The second-order valence-corrected chi connectivity index (χ2v) is 5.46. The van der Waals surface area contributed by atoms with E-state index in [1.807, 2.05) is 6.92 Å². The van der Waals surface area contributed by atoms with Gasteiger partial charge in [0.05, 0.1) is 17.1 Å². The summed E-state index contributed by atoms with van der Waals surface area (Å²) in [6, 6.07) is 11.5. The molecule has 0 aliphatic rings. The standard InChI is InChI=1S/C18H15F3N4O2/c1-2-15-16(17(26)22-14-6-4-3-5-13(14)19)23-24-25(15)11-7-9-12(10-8-11)27-18(20)21/h3-10,18H,2H2,1H3,(H,22,26). The van der Waals surface area contributed by atoms with Crippen LogP contribution in [0.4, 0.5) is 18.9 Å². The Morgan fingerprint density at radius 3 is 2.52 bits per heavy atom. The summed E-state index contributed by atoms with van der Waals surface area (Å²) >= 11 is 0. The van der Waals surface area contributed by atoms with E-state index in [1.54, 1.807) is 6.07 Å². The maximum absolute atomic E-state index is 13.7. The summed E-state index contributed by atoms with van der Waals surface area (Å²) in [5, 5.41) is 10.3. The van der Waals surface area contributed by atoms with Gasteiger partial charge in [0.1, 0.15) is 11.6 Å². The maximum atomic E-state index is 13.7. The Balaban J connectivity index is 1.86. The summed E-state index contributed by atoms with van der Waals surface area (Å²) in [7, 11) is 0. The lowest BCUT2D eigenvalue weighted by Gasteiger charge is -2.08. The molecule has 2 aromatic carbocycles. The summed E-state index contributed by atoms with van der Waals surface area (Å²) in [5.74, 6) is -1.16. The summed E-state index contributed by atoms with van der Waals surface area (Å²) in [5.41, 5.74) is 1.10. The van der Waals surface area contributed by atoms with Gasteiger partial charge >= 0.3 is 6.61 Å². The zero-order chi connectivity index (χ0) is 19.4. The van der Waals surface area contributed by atoms with Crippen molar-refractivity contribution >= 4 is 11.6 Å². The van der Waals surface area contributed by atoms with Crippen LogP contribution in [0, 0.1) is 5.82 Å². The number of aromatic nitrogens is 3. The molecule has 1 aromatic heterocycles. The highest BCUT2D eigenvalue weighted by Crippen LogP contribution is 2.20. The molecule has 0 aliphatic heterocycles. The molecule has 0 saturated carbocycles. The van der Waals surface area contributed by atoms with Crippen LogP contribution in [0.3, 0.4) is 0 Å². The van der Waals surface area contributed by atoms with E-state index in [9.17, 15) is 18.0 Å². The quantitative estimate of drug-likeness (QED) is 0.710. The second-order valence-electron chi connectivity index (χ2n) is 5.46. The van der Waals surface area contributed by atoms with Crippen LogP contribution >= 0.6 is 0 Å². The third kappa shape index (κ3) is 4.08. The molecule has 1 N–H and O–H groups in total. The van der Waals surface area contributed by atoms with Crippen molar-refractivity contribution in [2.45, 2.75) is 20.0 Å². The number of rotatable bonds is 6. The highest BCUT2D eigenvalue weighted by molar-refractivity contribution is 6.03. The molecule has 0 saturated heterocycles. The first kappa shape index (κ1) is 18.4. The molecule has 0 atom stereocenters. The Bertz CT molecular complexity index is 942. The molecule has 0 fully saturated rings. The number of carbonyl (C=O) groups is 1. The summed E-state index contributed by atoms with van der Waals surface area (Å²) in [6.07, 6.45) is 0.419. The number of anilines is 1. The van der Waals surface area contributed by atoms with Crippen LogP contribution in [0.1, 0.15) is 23.1 Å². The molecule has 9 heteroatoms. The van der Waals surface area contributed by atoms with Crippen molar-refractivity contribution in [1.82, 2.24) is 15.0 Å². The number of amides is 1. The molecule has 3 aromatic rings. The predicted molar refractivity (Wildman–Crippen MR) is 91.7 cm³/mol. The molecule has 1 heterocycles. The van der Waals surface area contributed by atoms with Crippen molar-refractivity contribution in [3.05, 3.63) is 65.7 Å². The number of carbonyl (C=O) groups excluding carboxylic acids is 1. The molecule has 0 unspecified atom stereocenters. The number of hydrogen-bond donors (Lipinski definition) is 1. The van der Waals surface area contributed by atoms with Crippen molar-refractivity contribution in [1.29, 1.82) is 0 Å². The molecule has 0 aliphatic carbocycles. The first-order valence-corrected chi connectivity index (χ1v) is 8.05. The molecule has 0 spiro atoms. The monoisotopic (exact) mass is 376 g/mol. The summed E-state index contributed by atoms with van der Waals surface area (Å²) in [4.78, 5) is 12.5. The molecular weight excluding hydrogens is 361 g/mol. The van der Waals surface area contributed by atoms with Gasteiger partial charge < -0.3 is 10.1 Å². The molecule has 3 rings (SSSR count). The van der Waals surface area contributed by atoms with Gasteiger partial charge in [-0.05, 0) is 42.8 Å². The number of benzene rings is 2. The van der Waals surface area contributed by atoms with Gasteiger partial charge in [-0.25, -0.2) is 9.07 Å². The predicted octanol–water partition coefficient (Wildman–Crippen LogP) is 3.82. The average Bonchev–Trinajstić information content (AvgIpc) is 3.08. The minimum Gasteiger partial charge on any atom is -0.435 e. The van der Waals surface area contributed by atoms with Crippen LogP contribution in [0.2, 0.25) is 0 Å². The van der Waals surface area contributed by atoms with Crippen LogP contribution in [0.5, 0.6) is 5.75 Å². The zero-order valence-corrected chi connectivity index (χ0v) is 14.2.